The summed E-state index contributed by atoms with van der Waals surface area (Å²) in [5.41, 5.74) is 2.02. The number of nitrogens with one attached hydrogen (secondary N) is 2. The molecule has 3 heterocycles. The lowest BCUT2D eigenvalue weighted by Crippen LogP contribution is -2.44. The lowest BCUT2D eigenvalue weighted by molar-refractivity contribution is -0.137. The van der Waals surface area contributed by atoms with Crippen LogP contribution in [0.25, 0.3) is 0 Å². The number of hydrogen-bond acceptors (Lipinski definition) is 7. The van der Waals surface area contributed by atoms with Crippen molar-refractivity contribution in [1.29, 1.82) is 0 Å². The van der Waals surface area contributed by atoms with Gasteiger partial charge in [-0.1, -0.05) is 6.92 Å². The van der Waals surface area contributed by atoms with E-state index >= 15 is 0 Å². The fraction of sp³-hybridized carbons (Fsp3) is 0.593. The normalized spacial score (nSPS) is 17.4. The van der Waals surface area contributed by atoms with Gasteiger partial charge in [0.15, 0.2) is 0 Å². The van der Waals surface area contributed by atoms with Crippen LogP contribution in [0.3, 0.4) is 0 Å². The summed E-state index contributed by atoms with van der Waals surface area (Å²) in [4.78, 5) is 28.7. The van der Waals surface area contributed by atoms with Gasteiger partial charge in [0.05, 0.1) is 0 Å². The fourth-order valence-corrected chi connectivity index (χ4v) is 4.93. The van der Waals surface area contributed by atoms with E-state index in [4.69, 9.17) is 0 Å². The molecule has 2 fully saturated rings. The molecule has 0 spiro atoms. The van der Waals surface area contributed by atoms with Crippen molar-refractivity contribution in [3.05, 3.63) is 35.5 Å². The van der Waals surface area contributed by atoms with E-state index in [-0.39, 0.29) is 24.3 Å². The first-order chi connectivity index (χ1) is 18.7. The van der Waals surface area contributed by atoms with E-state index < -0.39 is 11.7 Å². The van der Waals surface area contributed by atoms with Crippen molar-refractivity contribution in [2.75, 3.05) is 82.0 Å². The first-order valence-corrected chi connectivity index (χ1v) is 13.7. The van der Waals surface area contributed by atoms with Gasteiger partial charge in [0.25, 0.3) is 0 Å². The summed E-state index contributed by atoms with van der Waals surface area (Å²) in [6.07, 6.45) is -0.671. The number of halogens is 3. The highest BCUT2D eigenvalue weighted by Crippen LogP contribution is 2.34. The highest BCUT2D eigenvalue weighted by atomic mass is 19.4. The molecule has 0 atom stereocenters. The summed E-state index contributed by atoms with van der Waals surface area (Å²) in [5, 5.41) is 5.96. The van der Waals surface area contributed by atoms with Crippen LogP contribution in [0.15, 0.2) is 24.4 Å². The number of hydrogen-bond donors (Lipinski definition) is 2. The Morgan fingerprint density at radius 3 is 2.49 bits per heavy atom. The lowest BCUT2D eigenvalue weighted by atomic mass is 10.1. The second-order valence-corrected chi connectivity index (χ2v) is 10.2. The predicted octanol–water partition coefficient (Wildman–Crippen LogP) is 4.50. The molecule has 39 heavy (non-hydrogen) atoms. The van der Waals surface area contributed by atoms with E-state index in [1.807, 2.05) is 19.1 Å². The van der Waals surface area contributed by atoms with E-state index in [0.717, 1.165) is 75.1 Å². The lowest BCUT2D eigenvalue weighted by Gasteiger charge is -2.34. The van der Waals surface area contributed by atoms with E-state index in [1.165, 1.54) is 0 Å². The number of alkyl halides is 3. The van der Waals surface area contributed by atoms with Gasteiger partial charge in [0.2, 0.25) is 5.95 Å². The Balaban J connectivity index is 1.44. The van der Waals surface area contributed by atoms with Gasteiger partial charge in [-0.25, -0.2) is 9.78 Å². The first kappa shape index (κ1) is 28.7. The number of likely N-dealkylation sites (N-methyl/N-ethyl adjacent to an activating group) is 1. The van der Waals surface area contributed by atoms with E-state index in [1.54, 1.807) is 16.8 Å². The van der Waals surface area contributed by atoms with Gasteiger partial charge in [-0.3, -0.25) is 0 Å². The summed E-state index contributed by atoms with van der Waals surface area (Å²) in [6, 6.07) is 6.05. The maximum absolute atomic E-state index is 13.7. The molecule has 2 saturated heterocycles. The molecule has 2 aliphatic heterocycles. The molecule has 2 aliphatic rings. The van der Waals surface area contributed by atoms with Gasteiger partial charge in [-0.15, -0.1) is 0 Å². The SMILES string of the molecule is CCc1cc(N2CCN(C)CC2)ccc1Nc1ncc(C(F)(F)F)c(NCCCN2CCCCN(C)C2=O)n1. The van der Waals surface area contributed by atoms with Gasteiger partial charge >= 0.3 is 12.2 Å². The number of anilines is 4. The van der Waals surface area contributed by atoms with E-state index in [0.29, 0.717) is 19.5 Å². The van der Waals surface area contributed by atoms with Crippen molar-refractivity contribution in [3.8, 4) is 0 Å². The van der Waals surface area contributed by atoms with Crippen LogP contribution in [0.5, 0.6) is 0 Å². The molecule has 0 unspecified atom stereocenters. The minimum Gasteiger partial charge on any atom is -0.369 e. The quantitative estimate of drug-likeness (QED) is 0.447. The summed E-state index contributed by atoms with van der Waals surface area (Å²) >= 11 is 0. The minimum atomic E-state index is -4.59. The zero-order valence-electron chi connectivity index (χ0n) is 23.0. The molecule has 4 rings (SSSR count). The highest BCUT2D eigenvalue weighted by Gasteiger charge is 2.35. The Morgan fingerprint density at radius 2 is 1.77 bits per heavy atom. The molecule has 0 bridgehead atoms. The molecule has 0 radical (unpaired) electrons. The molecular weight excluding hydrogens is 509 g/mol. The zero-order chi connectivity index (χ0) is 28.0. The van der Waals surface area contributed by atoms with Crippen LogP contribution in [0.2, 0.25) is 0 Å². The molecule has 1 aromatic heterocycles. The number of carbonyl (C=O) groups is 1. The van der Waals surface area contributed by atoms with Crippen molar-refractivity contribution in [2.24, 2.45) is 0 Å². The zero-order valence-corrected chi connectivity index (χ0v) is 23.0. The van der Waals surface area contributed by atoms with Crippen LogP contribution >= 0.6 is 0 Å². The number of nitrogens with zero attached hydrogens (tertiary/aromatic N) is 6. The van der Waals surface area contributed by atoms with Crippen molar-refractivity contribution >= 4 is 29.2 Å². The van der Waals surface area contributed by atoms with Crippen LogP contribution in [0, 0.1) is 0 Å². The number of aromatic nitrogens is 2. The van der Waals surface area contributed by atoms with Crippen molar-refractivity contribution < 1.29 is 18.0 Å². The summed E-state index contributed by atoms with van der Waals surface area (Å²) in [7, 11) is 3.89. The Kier molecular flexibility index (Phi) is 9.36. The van der Waals surface area contributed by atoms with Crippen LogP contribution < -0.4 is 15.5 Å². The molecule has 214 valence electrons. The average Bonchev–Trinajstić information content (AvgIpc) is 3.07. The van der Waals surface area contributed by atoms with Crippen molar-refractivity contribution in [2.45, 2.75) is 38.8 Å². The van der Waals surface area contributed by atoms with Crippen LogP contribution in [-0.4, -0.2) is 97.2 Å². The number of urea groups is 1. The van der Waals surface area contributed by atoms with Crippen LogP contribution in [0.1, 0.15) is 37.3 Å². The Hall–Kier alpha value is -3.28. The largest absolute Gasteiger partial charge is 0.421 e. The minimum absolute atomic E-state index is 0.0395. The summed E-state index contributed by atoms with van der Waals surface area (Å²) < 4.78 is 41.1. The molecule has 12 heteroatoms. The Labute approximate surface area is 228 Å². The third-order valence-electron chi connectivity index (χ3n) is 7.34. The third kappa shape index (κ3) is 7.43. The van der Waals surface area contributed by atoms with Crippen molar-refractivity contribution in [3.63, 3.8) is 0 Å². The fourth-order valence-electron chi connectivity index (χ4n) is 4.93. The maximum Gasteiger partial charge on any atom is 0.421 e. The molecular formula is C27H39F3N8O. The molecule has 9 nitrogen and oxygen atoms in total. The number of piperazine rings is 1. The van der Waals surface area contributed by atoms with Gasteiger partial charge in [-0.05, 0) is 56.5 Å². The molecule has 0 aliphatic carbocycles. The number of carbonyl (C=O) groups excluding carboxylic acids is 1. The molecule has 1 aromatic carbocycles. The van der Waals surface area contributed by atoms with E-state index in [2.05, 4.69) is 43.5 Å². The molecule has 0 saturated carbocycles. The van der Waals surface area contributed by atoms with E-state index in [9.17, 15) is 18.0 Å². The Bertz CT molecular complexity index is 1120. The first-order valence-electron chi connectivity index (χ1n) is 13.7. The van der Waals surface area contributed by atoms with Crippen LogP contribution in [-0.2, 0) is 12.6 Å². The number of benzene rings is 1. The summed E-state index contributed by atoms with van der Waals surface area (Å²) in [5.74, 6) is -0.178. The monoisotopic (exact) mass is 548 g/mol. The molecule has 2 amide bonds. The maximum atomic E-state index is 13.7. The van der Waals surface area contributed by atoms with Gasteiger partial charge < -0.3 is 30.2 Å². The standard InChI is InChI=1S/C27H39F3N8O/c1-4-20-18-21(37-16-14-35(2)15-17-37)8-9-23(20)33-25-32-19-22(27(28,29)30)24(34-25)31-10-7-13-38-12-6-5-11-36(3)26(38)39/h8-9,18-19H,4-7,10-17H2,1-3H3,(H2,31,32,33,34). The average molecular weight is 549 g/mol. The summed E-state index contributed by atoms with van der Waals surface area (Å²) in [6.45, 7) is 8.04. The van der Waals surface area contributed by atoms with Crippen LogP contribution in [0.4, 0.5) is 41.1 Å². The number of rotatable bonds is 9. The second-order valence-electron chi connectivity index (χ2n) is 10.2. The highest BCUT2D eigenvalue weighted by molar-refractivity contribution is 5.74. The third-order valence-corrected chi connectivity index (χ3v) is 7.34. The molecule has 2 aromatic rings. The smallest absolute Gasteiger partial charge is 0.369 e. The van der Waals surface area contributed by atoms with Gasteiger partial charge in [0.1, 0.15) is 11.4 Å². The van der Waals surface area contributed by atoms with Gasteiger partial charge in [-0.2, -0.15) is 18.2 Å². The Morgan fingerprint density at radius 1 is 1.03 bits per heavy atom. The molecule has 2 N–H and O–H groups in total. The van der Waals surface area contributed by atoms with Crippen molar-refractivity contribution in [1.82, 2.24) is 24.7 Å². The second kappa shape index (κ2) is 12.7. The number of amides is 2. The topological polar surface area (TPSA) is 79.9 Å². The number of aryl methyl sites for hydroxylation is 1. The predicted molar refractivity (Wildman–Crippen MR) is 148 cm³/mol. The van der Waals surface area contributed by atoms with Gasteiger partial charge in [0, 0.05) is 77.0 Å².